The fourth-order valence-electron chi connectivity index (χ4n) is 2.82. The number of fused-ring (bicyclic) bond motifs is 1. The fraction of sp³-hybridized carbons (Fsp3) is 0.158. The third kappa shape index (κ3) is 3.83. The molecule has 26 heavy (non-hydrogen) atoms. The van der Waals surface area contributed by atoms with Crippen molar-refractivity contribution in [2.24, 2.45) is 0 Å². The molecular formula is C19H19FN4O2. The molecule has 2 aromatic carbocycles. The zero-order valence-corrected chi connectivity index (χ0v) is 14.4. The number of carbonyl (C=O) groups is 2. The molecule has 0 aliphatic carbocycles. The highest BCUT2D eigenvalue weighted by Gasteiger charge is 2.13. The van der Waals surface area contributed by atoms with Gasteiger partial charge in [0.25, 0.3) is 0 Å². The van der Waals surface area contributed by atoms with Gasteiger partial charge in [-0.3, -0.25) is 4.79 Å². The van der Waals surface area contributed by atoms with Gasteiger partial charge >= 0.3 is 6.03 Å². The summed E-state index contributed by atoms with van der Waals surface area (Å²) in [6.07, 6.45) is 0.113. The number of nitrogens with one attached hydrogen (secondary N) is 4. The molecule has 0 saturated carbocycles. The maximum atomic E-state index is 13.5. The lowest BCUT2D eigenvalue weighted by Gasteiger charge is -2.09. The van der Waals surface area contributed by atoms with Crippen LogP contribution < -0.4 is 16.0 Å². The largest absolute Gasteiger partial charge is 0.358 e. The number of halogens is 1. The number of anilines is 2. The molecule has 4 N–H and O–H groups in total. The molecule has 1 heterocycles. The zero-order valence-electron chi connectivity index (χ0n) is 14.4. The van der Waals surface area contributed by atoms with E-state index in [9.17, 15) is 14.0 Å². The van der Waals surface area contributed by atoms with Crippen LogP contribution in [0.2, 0.25) is 0 Å². The normalized spacial score (nSPS) is 10.6. The molecule has 6 nitrogen and oxygen atoms in total. The summed E-state index contributed by atoms with van der Waals surface area (Å²) in [5.74, 6) is -0.568. The highest BCUT2D eigenvalue weighted by molar-refractivity contribution is 5.97. The first kappa shape index (κ1) is 17.5. The predicted octanol–water partition coefficient (Wildman–Crippen LogP) is 3.55. The van der Waals surface area contributed by atoms with Crippen LogP contribution in [-0.4, -0.2) is 24.0 Å². The van der Waals surface area contributed by atoms with E-state index in [0.717, 1.165) is 16.8 Å². The number of aromatic amines is 1. The quantitative estimate of drug-likeness (QED) is 0.578. The van der Waals surface area contributed by atoms with E-state index < -0.39 is 0 Å². The number of aryl methyl sites for hydroxylation is 1. The Balaban J connectivity index is 1.76. The molecule has 0 atom stereocenters. The standard InChI is InChI=1S/C19H19FN4O2/c1-11-15(16-8-12(20)6-7-17(16)22-11)10-18(25)23-13-4-3-5-14(9-13)24-19(26)21-2/h3-9,22H,10H2,1-2H3,(H,23,25)(H2,21,24,26). The Morgan fingerprint density at radius 1 is 1.08 bits per heavy atom. The van der Waals surface area contributed by atoms with Crippen molar-refractivity contribution in [2.45, 2.75) is 13.3 Å². The Bertz CT molecular complexity index is 981. The first-order valence-electron chi connectivity index (χ1n) is 8.11. The average Bonchev–Trinajstić information content (AvgIpc) is 2.90. The maximum absolute atomic E-state index is 13.5. The third-order valence-electron chi connectivity index (χ3n) is 4.05. The lowest BCUT2D eigenvalue weighted by atomic mass is 10.1. The number of amides is 3. The van der Waals surface area contributed by atoms with Crippen LogP contribution in [0.25, 0.3) is 10.9 Å². The molecular weight excluding hydrogens is 335 g/mol. The number of benzene rings is 2. The van der Waals surface area contributed by atoms with Crippen molar-refractivity contribution in [1.82, 2.24) is 10.3 Å². The highest BCUT2D eigenvalue weighted by Crippen LogP contribution is 2.24. The van der Waals surface area contributed by atoms with Gasteiger partial charge in [-0.25, -0.2) is 9.18 Å². The number of carbonyl (C=O) groups excluding carboxylic acids is 2. The molecule has 0 aliphatic heterocycles. The minimum absolute atomic E-state index is 0.113. The molecule has 0 aliphatic rings. The highest BCUT2D eigenvalue weighted by atomic mass is 19.1. The van der Waals surface area contributed by atoms with Crippen LogP contribution in [0, 0.1) is 12.7 Å². The lowest BCUT2D eigenvalue weighted by Crippen LogP contribution is -2.24. The molecule has 3 rings (SSSR count). The molecule has 134 valence electrons. The topological polar surface area (TPSA) is 86.0 Å². The fourth-order valence-corrected chi connectivity index (χ4v) is 2.82. The Morgan fingerprint density at radius 2 is 1.81 bits per heavy atom. The first-order valence-corrected chi connectivity index (χ1v) is 8.11. The van der Waals surface area contributed by atoms with Crippen molar-refractivity contribution in [3.05, 3.63) is 59.5 Å². The van der Waals surface area contributed by atoms with Crippen molar-refractivity contribution < 1.29 is 14.0 Å². The van der Waals surface area contributed by atoms with Gasteiger partial charge in [-0.15, -0.1) is 0 Å². The van der Waals surface area contributed by atoms with E-state index in [4.69, 9.17) is 0 Å². The number of urea groups is 1. The summed E-state index contributed by atoms with van der Waals surface area (Å²) in [7, 11) is 1.52. The van der Waals surface area contributed by atoms with Gasteiger partial charge < -0.3 is 20.9 Å². The van der Waals surface area contributed by atoms with Gasteiger partial charge in [0, 0.05) is 35.0 Å². The summed E-state index contributed by atoms with van der Waals surface area (Å²) in [6.45, 7) is 1.86. The second kappa shape index (κ2) is 7.26. The minimum atomic E-state index is -0.343. The molecule has 3 amide bonds. The Labute approximate surface area is 149 Å². The van der Waals surface area contributed by atoms with Crippen LogP contribution in [0.4, 0.5) is 20.6 Å². The number of hydrogen-bond acceptors (Lipinski definition) is 2. The van der Waals surface area contributed by atoms with Crippen LogP contribution in [0.3, 0.4) is 0 Å². The van der Waals surface area contributed by atoms with Crippen molar-refractivity contribution in [1.29, 1.82) is 0 Å². The van der Waals surface area contributed by atoms with E-state index in [1.165, 1.54) is 19.2 Å². The van der Waals surface area contributed by atoms with Gasteiger partial charge in [-0.1, -0.05) is 6.07 Å². The van der Waals surface area contributed by atoms with Gasteiger partial charge in [0.1, 0.15) is 5.82 Å². The summed E-state index contributed by atoms with van der Waals surface area (Å²) in [4.78, 5) is 27.0. The monoisotopic (exact) mass is 354 g/mol. The van der Waals surface area contributed by atoms with E-state index in [2.05, 4.69) is 20.9 Å². The summed E-state index contributed by atoms with van der Waals surface area (Å²) in [5.41, 5.74) is 3.51. The molecule has 1 aromatic heterocycles. The molecule has 0 bridgehead atoms. The summed E-state index contributed by atoms with van der Waals surface area (Å²) in [6, 6.07) is 11.0. The van der Waals surface area contributed by atoms with Crippen LogP contribution in [0.15, 0.2) is 42.5 Å². The van der Waals surface area contributed by atoms with Crippen molar-refractivity contribution in [2.75, 3.05) is 17.7 Å². The van der Waals surface area contributed by atoms with E-state index in [0.29, 0.717) is 16.8 Å². The van der Waals surface area contributed by atoms with E-state index in [1.807, 2.05) is 6.92 Å². The lowest BCUT2D eigenvalue weighted by molar-refractivity contribution is -0.115. The Kier molecular flexibility index (Phi) is 4.88. The van der Waals surface area contributed by atoms with E-state index >= 15 is 0 Å². The van der Waals surface area contributed by atoms with Crippen LogP contribution >= 0.6 is 0 Å². The van der Waals surface area contributed by atoms with Gasteiger partial charge in [0.2, 0.25) is 5.91 Å². The Hall–Kier alpha value is -3.35. The van der Waals surface area contributed by atoms with Gasteiger partial charge in [0.15, 0.2) is 0 Å². The van der Waals surface area contributed by atoms with Gasteiger partial charge in [-0.2, -0.15) is 0 Å². The second-order valence-electron chi connectivity index (χ2n) is 5.93. The van der Waals surface area contributed by atoms with E-state index in [1.54, 1.807) is 30.3 Å². The average molecular weight is 354 g/mol. The molecule has 0 fully saturated rings. The molecule has 3 aromatic rings. The summed E-state index contributed by atoms with van der Waals surface area (Å²) >= 11 is 0. The third-order valence-corrected chi connectivity index (χ3v) is 4.05. The SMILES string of the molecule is CNC(=O)Nc1cccc(NC(=O)Cc2c(C)[nH]c3ccc(F)cc23)c1. The van der Waals surface area contributed by atoms with Crippen molar-refractivity contribution in [3.63, 3.8) is 0 Å². The predicted molar refractivity (Wildman–Crippen MR) is 99.8 cm³/mol. The first-order chi connectivity index (χ1) is 12.5. The number of hydrogen-bond donors (Lipinski definition) is 4. The van der Waals surface area contributed by atoms with Gasteiger partial charge in [0.05, 0.1) is 6.42 Å². The van der Waals surface area contributed by atoms with Crippen LogP contribution in [0.5, 0.6) is 0 Å². The Morgan fingerprint density at radius 3 is 2.54 bits per heavy atom. The van der Waals surface area contributed by atoms with Crippen LogP contribution in [0.1, 0.15) is 11.3 Å². The van der Waals surface area contributed by atoms with Crippen molar-refractivity contribution >= 4 is 34.2 Å². The summed E-state index contributed by atoms with van der Waals surface area (Å²) in [5, 5.41) is 8.60. The number of H-pyrrole nitrogens is 1. The molecule has 7 heteroatoms. The van der Waals surface area contributed by atoms with Crippen LogP contribution in [-0.2, 0) is 11.2 Å². The molecule has 0 saturated heterocycles. The molecule has 0 unspecified atom stereocenters. The second-order valence-corrected chi connectivity index (χ2v) is 5.93. The molecule has 0 spiro atoms. The number of rotatable bonds is 4. The van der Waals surface area contributed by atoms with E-state index in [-0.39, 0.29) is 24.2 Å². The minimum Gasteiger partial charge on any atom is -0.358 e. The maximum Gasteiger partial charge on any atom is 0.318 e. The zero-order chi connectivity index (χ0) is 18.7. The smallest absolute Gasteiger partial charge is 0.318 e. The summed E-state index contributed by atoms with van der Waals surface area (Å²) < 4.78 is 13.5. The van der Waals surface area contributed by atoms with Gasteiger partial charge in [-0.05, 0) is 48.9 Å². The van der Waals surface area contributed by atoms with Crippen molar-refractivity contribution in [3.8, 4) is 0 Å². The number of aromatic nitrogens is 1. The molecule has 0 radical (unpaired) electrons.